The largest absolute Gasteiger partial charge is 0.508 e. The van der Waals surface area contributed by atoms with Crippen molar-refractivity contribution in [2.24, 2.45) is 5.90 Å². The minimum atomic E-state index is -2.63. The Morgan fingerprint density at radius 1 is 1.06 bits per heavy atom. The number of phenols is 1. The van der Waals surface area contributed by atoms with Crippen LogP contribution in [0.25, 0.3) is 33.4 Å². The minimum absolute atomic E-state index is 0.0302. The summed E-state index contributed by atoms with van der Waals surface area (Å²) in [7, 11) is -2.63. The number of amides is 1. The van der Waals surface area contributed by atoms with Crippen LogP contribution in [0, 0.1) is 0 Å². The molecule has 2 aromatic carbocycles. The molecule has 11 heteroatoms. The van der Waals surface area contributed by atoms with E-state index < -0.39 is 20.4 Å². The van der Waals surface area contributed by atoms with E-state index >= 15 is 0 Å². The molecule has 2 aliphatic rings. The van der Waals surface area contributed by atoms with Crippen molar-refractivity contribution in [1.82, 2.24) is 0 Å². The van der Waals surface area contributed by atoms with Crippen LogP contribution in [0.5, 0.6) is 5.75 Å². The van der Waals surface area contributed by atoms with Crippen molar-refractivity contribution < 1.29 is 33.2 Å². The lowest BCUT2D eigenvalue weighted by Crippen LogP contribution is -2.40. The van der Waals surface area contributed by atoms with Crippen molar-refractivity contribution in [3.05, 3.63) is 70.4 Å². The van der Waals surface area contributed by atoms with Crippen LogP contribution in [0.2, 0.25) is 13.1 Å². The molecule has 0 atom stereocenters. The number of rotatable bonds is 7. The van der Waals surface area contributed by atoms with Crippen LogP contribution in [0.1, 0.15) is 10.4 Å². The Bertz CT molecular complexity index is 1480. The first-order valence-corrected chi connectivity index (χ1v) is 13.3. The summed E-state index contributed by atoms with van der Waals surface area (Å²) in [4.78, 5) is 36.5. The van der Waals surface area contributed by atoms with E-state index in [1.807, 2.05) is 0 Å². The Kier molecular flexibility index (Phi) is 6.41. The molecule has 1 amide bonds. The van der Waals surface area contributed by atoms with Crippen LogP contribution >= 0.6 is 0 Å². The number of carboxylic acids is 1. The van der Waals surface area contributed by atoms with Crippen molar-refractivity contribution in [2.45, 2.75) is 13.1 Å². The maximum atomic E-state index is 12.4. The van der Waals surface area contributed by atoms with E-state index in [0.29, 0.717) is 22.2 Å². The average Bonchev–Trinajstić information content (AvgIpc) is 2.81. The molecule has 10 nitrogen and oxygen atoms in total. The first kappa shape index (κ1) is 24.1. The molecule has 1 aliphatic heterocycles. The summed E-state index contributed by atoms with van der Waals surface area (Å²) in [5.41, 5.74) is 1.50. The number of fused-ring (bicyclic) bond motifs is 2. The fourth-order valence-corrected chi connectivity index (χ4v) is 4.18. The van der Waals surface area contributed by atoms with Gasteiger partial charge in [0.25, 0.3) is 0 Å². The Hall–Kier alpha value is -4.03. The zero-order valence-corrected chi connectivity index (χ0v) is 19.8. The van der Waals surface area contributed by atoms with Gasteiger partial charge >= 0.3 is 14.5 Å². The summed E-state index contributed by atoms with van der Waals surface area (Å²) in [6.07, 6.45) is 0. The highest BCUT2D eigenvalue weighted by atomic mass is 28.4. The van der Waals surface area contributed by atoms with Crippen LogP contribution in [0.15, 0.2) is 63.8 Å². The molecule has 180 valence electrons. The van der Waals surface area contributed by atoms with Gasteiger partial charge < -0.3 is 28.9 Å². The zero-order valence-electron chi connectivity index (χ0n) is 18.8. The van der Waals surface area contributed by atoms with E-state index in [4.69, 9.17) is 19.3 Å². The van der Waals surface area contributed by atoms with Crippen LogP contribution in [-0.2, 0) is 13.7 Å². The van der Waals surface area contributed by atoms with E-state index in [0.717, 1.165) is 0 Å². The van der Waals surface area contributed by atoms with Gasteiger partial charge in [-0.2, -0.15) is 0 Å². The standard InChI is InChI=1S/C24H22N2O8Si/c1-35(2,34-25)32-12-22(29)26-13-3-6-16(24(30)31)19(9-13)23-17-7-4-14(27)10-20(17)33-21-11-15(28)5-8-18(21)23/h3-11,27H,12,25H2,1-2H3,(H,26,29)(H,30,31). The molecule has 0 unspecified atom stereocenters. The molecule has 0 radical (unpaired) electrons. The SMILES string of the molecule is C[Si](C)(ON)OCC(=O)Nc1ccc(C(=O)O)c(-c2c3ccc(=O)cc-3oc3cc(O)ccc23)c1. The smallest absolute Gasteiger partial charge is 0.352 e. The normalized spacial score (nSPS) is 11.6. The number of aromatic hydroxyl groups is 1. The van der Waals surface area contributed by atoms with Crippen molar-refractivity contribution >= 4 is 37.1 Å². The summed E-state index contributed by atoms with van der Waals surface area (Å²) < 4.78 is 16.1. The van der Waals surface area contributed by atoms with Gasteiger partial charge in [0, 0.05) is 34.3 Å². The molecular weight excluding hydrogens is 472 g/mol. The fraction of sp³-hybridized carbons (Fsp3) is 0.125. The molecule has 0 spiro atoms. The fourth-order valence-electron chi connectivity index (χ4n) is 3.64. The van der Waals surface area contributed by atoms with Crippen molar-refractivity contribution in [1.29, 1.82) is 0 Å². The molecule has 0 bridgehead atoms. The van der Waals surface area contributed by atoms with E-state index in [-0.39, 0.29) is 40.3 Å². The molecule has 5 N–H and O–H groups in total. The molecule has 0 saturated heterocycles. The molecule has 1 aliphatic carbocycles. The number of benzene rings is 3. The highest BCUT2D eigenvalue weighted by Crippen LogP contribution is 2.42. The predicted octanol–water partition coefficient (Wildman–Crippen LogP) is 3.52. The van der Waals surface area contributed by atoms with Crippen LogP contribution in [0.3, 0.4) is 0 Å². The van der Waals surface area contributed by atoms with Gasteiger partial charge in [0.2, 0.25) is 5.91 Å². The number of anilines is 1. The van der Waals surface area contributed by atoms with Crippen molar-refractivity contribution in [2.75, 3.05) is 11.9 Å². The number of carboxylic acid groups (broad SMARTS) is 1. The van der Waals surface area contributed by atoms with E-state index in [1.54, 1.807) is 25.2 Å². The molecule has 0 saturated carbocycles. The highest BCUT2D eigenvalue weighted by molar-refractivity contribution is 6.64. The molecule has 0 fully saturated rings. The summed E-state index contributed by atoms with van der Waals surface area (Å²) in [5, 5.41) is 23.0. The molecule has 1 heterocycles. The van der Waals surface area contributed by atoms with Gasteiger partial charge in [0.05, 0.1) is 5.56 Å². The summed E-state index contributed by atoms with van der Waals surface area (Å²) >= 11 is 0. The summed E-state index contributed by atoms with van der Waals surface area (Å²) in [5.74, 6) is 3.69. The summed E-state index contributed by atoms with van der Waals surface area (Å²) in [6.45, 7) is 3.07. The monoisotopic (exact) mass is 494 g/mol. The average molecular weight is 495 g/mol. The highest BCUT2D eigenvalue weighted by Gasteiger charge is 2.26. The first-order valence-electron chi connectivity index (χ1n) is 10.5. The number of nitrogens with one attached hydrogen (secondary N) is 1. The van der Waals surface area contributed by atoms with Gasteiger partial charge in [-0.3, -0.25) is 9.59 Å². The second kappa shape index (κ2) is 9.31. The molecule has 2 aromatic rings. The molecule has 35 heavy (non-hydrogen) atoms. The Morgan fingerprint density at radius 3 is 2.54 bits per heavy atom. The Labute approximate surface area is 200 Å². The van der Waals surface area contributed by atoms with Crippen LogP contribution in [-0.4, -0.2) is 37.3 Å². The van der Waals surface area contributed by atoms with Crippen LogP contribution < -0.4 is 16.6 Å². The maximum absolute atomic E-state index is 12.4. The molecule has 4 rings (SSSR count). The summed E-state index contributed by atoms with van der Waals surface area (Å²) in [6, 6.07) is 13.0. The number of phenolic OH excluding ortho intramolecular Hbond substituents is 1. The molecule has 0 aromatic heterocycles. The van der Waals surface area contributed by atoms with Gasteiger partial charge in [-0.05, 0) is 61.1 Å². The Balaban J connectivity index is 1.87. The second-order valence-corrected chi connectivity index (χ2v) is 11.6. The van der Waals surface area contributed by atoms with Gasteiger partial charge in [0.1, 0.15) is 23.7 Å². The van der Waals surface area contributed by atoms with Gasteiger partial charge in [-0.15, -0.1) is 0 Å². The lowest BCUT2D eigenvalue weighted by atomic mass is 9.90. The number of hydrogen-bond donors (Lipinski definition) is 4. The third-order valence-corrected chi connectivity index (χ3v) is 6.72. The second-order valence-electron chi connectivity index (χ2n) is 8.24. The quantitative estimate of drug-likeness (QED) is 0.171. The lowest BCUT2D eigenvalue weighted by molar-refractivity contribution is -0.118. The molecular formula is C24H22N2O8Si. The van der Waals surface area contributed by atoms with Gasteiger partial charge in [-0.1, -0.05) is 0 Å². The first-order chi connectivity index (χ1) is 16.6. The number of hydrogen-bond acceptors (Lipinski definition) is 8. The lowest BCUT2D eigenvalue weighted by Gasteiger charge is -2.19. The van der Waals surface area contributed by atoms with E-state index in [1.165, 1.54) is 42.5 Å². The number of carbonyl (C=O) groups excluding carboxylic acids is 1. The van der Waals surface area contributed by atoms with Crippen molar-refractivity contribution in [3.8, 4) is 28.2 Å². The maximum Gasteiger partial charge on any atom is 0.352 e. The predicted molar refractivity (Wildman–Crippen MR) is 131 cm³/mol. The number of aromatic carboxylic acids is 1. The number of carbonyl (C=O) groups is 2. The topological polar surface area (TPSA) is 161 Å². The van der Waals surface area contributed by atoms with Crippen molar-refractivity contribution in [3.63, 3.8) is 0 Å². The minimum Gasteiger partial charge on any atom is -0.508 e. The zero-order chi connectivity index (χ0) is 25.3. The Morgan fingerprint density at radius 2 is 1.83 bits per heavy atom. The van der Waals surface area contributed by atoms with E-state index in [9.17, 15) is 24.6 Å². The third-order valence-electron chi connectivity index (χ3n) is 5.31. The van der Waals surface area contributed by atoms with Gasteiger partial charge in [-0.25, -0.2) is 10.7 Å². The third kappa shape index (κ3) is 5.07. The van der Waals surface area contributed by atoms with Gasteiger partial charge in [0.15, 0.2) is 5.43 Å². The number of nitrogens with two attached hydrogens (primary N) is 1. The van der Waals surface area contributed by atoms with Crippen LogP contribution in [0.4, 0.5) is 5.69 Å². The van der Waals surface area contributed by atoms with E-state index in [2.05, 4.69) is 5.32 Å².